The lowest BCUT2D eigenvalue weighted by molar-refractivity contribution is 0.0992. The average Bonchev–Trinajstić information content (AvgIpc) is 3.05. The highest BCUT2D eigenvalue weighted by molar-refractivity contribution is 9.10. The zero-order valence-electron chi connectivity index (χ0n) is 15.3. The molecular weight excluding hydrogens is 410 g/mol. The fraction of sp³-hybridized carbons (Fsp3) is 0.350. The monoisotopic (exact) mass is 431 g/mol. The highest BCUT2D eigenvalue weighted by Gasteiger charge is 2.31. The van der Waals surface area contributed by atoms with Crippen LogP contribution in [0.5, 0.6) is 11.5 Å². The van der Waals surface area contributed by atoms with Gasteiger partial charge in [-0.25, -0.2) is 0 Å². The van der Waals surface area contributed by atoms with E-state index in [-0.39, 0.29) is 12.7 Å². The number of aryl methyl sites for hydroxylation is 1. The summed E-state index contributed by atoms with van der Waals surface area (Å²) < 4.78 is 11.7. The molecule has 2 aliphatic rings. The number of nitrogens with zero attached hydrogens (tertiary/aromatic N) is 1. The van der Waals surface area contributed by atoms with Crippen molar-refractivity contribution in [3.8, 4) is 11.5 Å². The largest absolute Gasteiger partial charge is 0.454 e. The van der Waals surface area contributed by atoms with E-state index in [4.69, 9.17) is 9.47 Å². The third-order valence-corrected chi connectivity index (χ3v) is 8.89. The molecule has 6 heteroatoms. The number of hydrogen-bond acceptors (Lipinski definition) is 3. The minimum absolute atomic E-state index is 0.0214. The van der Waals surface area contributed by atoms with Gasteiger partial charge in [-0.15, -0.1) is 0 Å². The molecule has 0 aliphatic carbocycles. The van der Waals surface area contributed by atoms with Crippen LogP contribution in [0.1, 0.15) is 21.5 Å². The van der Waals surface area contributed by atoms with Crippen LogP contribution in [-0.2, 0) is 12.5 Å². The summed E-state index contributed by atoms with van der Waals surface area (Å²) in [6.45, 7) is 5.04. The second-order valence-electron chi connectivity index (χ2n) is 7.81. The van der Waals surface area contributed by atoms with E-state index in [1.165, 1.54) is 17.2 Å². The Morgan fingerprint density at radius 2 is 1.92 bits per heavy atom. The maximum absolute atomic E-state index is 13.3. The van der Waals surface area contributed by atoms with Crippen molar-refractivity contribution < 1.29 is 14.3 Å². The predicted octanol–water partition coefficient (Wildman–Crippen LogP) is 4.80. The molecule has 4 nitrogen and oxygen atoms in total. The molecule has 2 heterocycles. The Labute approximate surface area is 163 Å². The highest BCUT2D eigenvalue weighted by atomic mass is 79.9. The van der Waals surface area contributed by atoms with Crippen LogP contribution in [0.3, 0.4) is 0 Å². The standard InChI is InChI=1S/C20H22BrNO3Si/c1-22(17-10-19-18(9-16(17)21)24-12-25-19)20(23)14-6-4-5-13-7-8-26(2,3)11-15(13)14/h4-6,9-10H,7-8,11-12H2,1-3H3. The number of fused-ring (bicyclic) bond motifs is 2. The van der Waals surface area contributed by atoms with Gasteiger partial charge in [0.25, 0.3) is 5.91 Å². The molecule has 0 radical (unpaired) electrons. The summed E-state index contributed by atoms with van der Waals surface area (Å²) >= 11 is 3.56. The lowest BCUT2D eigenvalue weighted by Crippen LogP contribution is -2.36. The van der Waals surface area contributed by atoms with Crippen molar-refractivity contribution >= 4 is 35.6 Å². The molecule has 0 bridgehead atoms. The SMILES string of the molecule is CN(C(=O)c1cccc2c1C[Si](C)(C)CC2)c1cc2c(cc1Br)OCO2. The van der Waals surface area contributed by atoms with Crippen molar-refractivity contribution in [2.45, 2.75) is 31.6 Å². The first-order valence-corrected chi connectivity index (χ1v) is 13.0. The molecule has 0 spiro atoms. The van der Waals surface area contributed by atoms with E-state index in [0.717, 1.165) is 28.2 Å². The van der Waals surface area contributed by atoms with Gasteiger partial charge in [-0.05, 0) is 45.6 Å². The first-order valence-electron chi connectivity index (χ1n) is 8.84. The molecule has 0 atom stereocenters. The summed E-state index contributed by atoms with van der Waals surface area (Å²) in [6.07, 6.45) is 1.09. The van der Waals surface area contributed by atoms with E-state index >= 15 is 0 Å². The van der Waals surface area contributed by atoms with Gasteiger partial charge in [0, 0.05) is 29.2 Å². The molecule has 0 N–H and O–H groups in total. The van der Waals surface area contributed by atoms with Crippen molar-refractivity contribution in [3.05, 3.63) is 51.5 Å². The van der Waals surface area contributed by atoms with E-state index in [2.05, 4.69) is 35.1 Å². The molecular formula is C20H22BrNO3Si. The summed E-state index contributed by atoms with van der Waals surface area (Å²) in [5, 5.41) is 0. The zero-order valence-corrected chi connectivity index (χ0v) is 17.9. The van der Waals surface area contributed by atoms with Gasteiger partial charge >= 0.3 is 0 Å². The lowest BCUT2D eigenvalue weighted by atomic mass is 9.99. The number of carbonyl (C=O) groups excluding carboxylic acids is 1. The molecule has 26 heavy (non-hydrogen) atoms. The van der Waals surface area contributed by atoms with Crippen LogP contribution < -0.4 is 14.4 Å². The maximum Gasteiger partial charge on any atom is 0.258 e. The van der Waals surface area contributed by atoms with E-state index in [1.807, 2.05) is 31.3 Å². The van der Waals surface area contributed by atoms with Gasteiger partial charge in [0.1, 0.15) is 0 Å². The van der Waals surface area contributed by atoms with Crippen molar-refractivity contribution in [3.63, 3.8) is 0 Å². The van der Waals surface area contributed by atoms with Crippen LogP contribution in [0.4, 0.5) is 5.69 Å². The van der Waals surface area contributed by atoms with E-state index in [1.54, 1.807) is 4.90 Å². The van der Waals surface area contributed by atoms with Crippen LogP contribution >= 0.6 is 15.9 Å². The Morgan fingerprint density at radius 3 is 2.69 bits per heavy atom. The molecule has 0 aromatic heterocycles. The Hall–Kier alpha value is -1.79. The number of hydrogen-bond donors (Lipinski definition) is 0. The minimum Gasteiger partial charge on any atom is -0.454 e. The summed E-state index contributed by atoms with van der Waals surface area (Å²) in [6, 6.07) is 12.2. The van der Waals surface area contributed by atoms with Gasteiger partial charge in [0.15, 0.2) is 11.5 Å². The Morgan fingerprint density at radius 1 is 1.19 bits per heavy atom. The number of ether oxygens (including phenoxy) is 2. The molecule has 2 aromatic carbocycles. The lowest BCUT2D eigenvalue weighted by Gasteiger charge is -2.31. The number of halogens is 1. The predicted molar refractivity (Wildman–Crippen MR) is 109 cm³/mol. The Balaban J connectivity index is 1.71. The summed E-state index contributed by atoms with van der Waals surface area (Å²) in [4.78, 5) is 15.0. The normalized spacial score (nSPS) is 16.9. The third kappa shape index (κ3) is 3.05. The molecule has 0 fully saturated rings. The first-order chi connectivity index (χ1) is 12.4. The molecule has 0 saturated carbocycles. The van der Waals surface area contributed by atoms with Crippen LogP contribution in [0.15, 0.2) is 34.8 Å². The fourth-order valence-corrected chi connectivity index (χ4v) is 6.86. The van der Waals surface area contributed by atoms with E-state index < -0.39 is 8.07 Å². The van der Waals surface area contributed by atoms with Crippen molar-refractivity contribution in [1.29, 1.82) is 0 Å². The summed E-state index contributed by atoms with van der Waals surface area (Å²) in [5.74, 6) is 1.39. The minimum atomic E-state index is -1.27. The van der Waals surface area contributed by atoms with Crippen LogP contribution in [0.25, 0.3) is 0 Å². The quantitative estimate of drug-likeness (QED) is 0.640. The Kier molecular flexibility index (Phi) is 4.35. The fourth-order valence-electron chi connectivity index (χ4n) is 3.77. The molecule has 1 amide bonds. The van der Waals surface area contributed by atoms with Gasteiger partial charge in [0.2, 0.25) is 6.79 Å². The Bertz CT molecular complexity index is 897. The summed E-state index contributed by atoms with van der Waals surface area (Å²) in [7, 11) is 0.541. The van der Waals surface area contributed by atoms with Crippen molar-refractivity contribution in [1.82, 2.24) is 0 Å². The zero-order chi connectivity index (χ0) is 18.5. The summed E-state index contributed by atoms with van der Waals surface area (Å²) in [5.41, 5.74) is 4.20. The second-order valence-corrected chi connectivity index (χ2v) is 13.8. The second kappa shape index (κ2) is 6.42. The van der Waals surface area contributed by atoms with Crippen molar-refractivity contribution in [2.75, 3.05) is 18.7 Å². The van der Waals surface area contributed by atoms with E-state index in [0.29, 0.717) is 11.5 Å². The molecule has 2 aromatic rings. The molecule has 4 rings (SSSR count). The number of amides is 1. The highest BCUT2D eigenvalue weighted by Crippen LogP contribution is 2.41. The van der Waals surface area contributed by atoms with Crippen LogP contribution in [-0.4, -0.2) is 27.8 Å². The number of carbonyl (C=O) groups is 1. The van der Waals surface area contributed by atoms with Crippen LogP contribution in [0.2, 0.25) is 19.1 Å². The van der Waals surface area contributed by atoms with E-state index in [9.17, 15) is 4.79 Å². The topological polar surface area (TPSA) is 38.8 Å². The van der Waals surface area contributed by atoms with Gasteiger partial charge in [-0.2, -0.15) is 0 Å². The van der Waals surface area contributed by atoms with Gasteiger partial charge in [0.05, 0.1) is 13.8 Å². The number of benzene rings is 2. The van der Waals surface area contributed by atoms with Gasteiger partial charge in [-0.1, -0.05) is 31.3 Å². The average molecular weight is 432 g/mol. The first kappa shape index (κ1) is 17.6. The maximum atomic E-state index is 13.3. The number of anilines is 1. The molecule has 0 saturated heterocycles. The molecule has 2 aliphatic heterocycles. The van der Waals surface area contributed by atoms with Gasteiger partial charge < -0.3 is 14.4 Å². The molecule has 0 unspecified atom stereocenters. The third-order valence-electron chi connectivity index (χ3n) is 5.34. The smallest absolute Gasteiger partial charge is 0.258 e. The van der Waals surface area contributed by atoms with Crippen molar-refractivity contribution in [2.24, 2.45) is 0 Å². The number of rotatable bonds is 2. The van der Waals surface area contributed by atoms with Gasteiger partial charge in [-0.3, -0.25) is 4.79 Å². The van der Waals surface area contributed by atoms with Crippen LogP contribution in [0, 0.1) is 0 Å². The molecule has 136 valence electrons.